The van der Waals surface area contributed by atoms with Crippen molar-refractivity contribution in [2.75, 3.05) is 32.1 Å². The number of likely N-dealkylation sites (tertiary alicyclic amines) is 1. The number of benzene rings is 1. The number of rotatable bonds is 4. The maximum Gasteiger partial charge on any atom is 0.238 e. The minimum absolute atomic E-state index is 0.0827. The topological polar surface area (TPSA) is 61.8 Å². The van der Waals surface area contributed by atoms with Gasteiger partial charge in [-0.2, -0.15) is 0 Å². The van der Waals surface area contributed by atoms with E-state index in [1.54, 1.807) is 7.11 Å². The molecule has 21 heavy (non-hydrogen) atoms. The molecule has 5 nitrogen and oxygen atoms in total. The maximum absolute atomic E-state index is 12.2. The lowest BCUT2D eigenvalue weighted by Crippen LogP contribution is -2.45. The van der Waals surface area contributed by atoms with Crippen LogP contribution >= 0.6 is 0 Å². The van der Waals surface area contributed by atoms with Crippen molar-refractivity contribution in [3.63, 3.8) is 0 Å². The Bertz CT molecular complexity index is 504. The van der Waals surface area contributed by atoms with Crippen LogP contribution in [0.5, 0.6) is 5.75 Å². The lowest BCUT2D eigenvalue weighted by molar-refractivity contribution is -0.118. The minimum atomic E-state index is -0.347. The third-order valence-electron chi connectivity index (χ3n) is 4.00. The molecule has 116 valence electrons. The van der Waals surface area contributed by atoms with Crippen LogP contribution in [0.25, 0.3) is 0 Å². The number of amides is 1. The summed E-state index contributed by atoms with van der Waals surface area (Å²) in [6.45, 7) is 5.70. The first-order chi connectivity index (χ1) is 9.99. The predicted octanol–water partition coefficient (Wildman–Crippen LogP) is 1.64. The molecule has 2 rings (SSSR count). The van der Waals surface area contributed by atoms with Crippen LogP contribution in [0.1, 0.15) is 18.9 Å². The molecule has 0 bridgehead atoms. The zero-order valence-corrected chi connectivity index (χ0v) is 12.9. The van der Waals surface area contributed by atoms with Crippen molar-refractivity contribution in [2.45, 2.75) is 26.4 Å². The van der Waals surface area contributed by atoms with Crippen molar-refractivity contribution in [3.8, 4) is 5.75 Å². The molecule has 1 heterocycles. The Hall–Kier alpha value is -1.59. The average Bonchev–Trinajstić information content (AvgIpc) is 2.43. The van der Waals surface area contributed by atoms with Gasteiger partial charge in [-0.15, -0.1) is 0 Å². The number of β-amino-alcohol motifs (C(OH)–C–C–N with tert-alkyl or cyclic N) is 1. The second kappa shape index (κ2) is 6.91. The number of piperidine rings is 1. The van der Waals surface area contributed by atoms with Gasteiger partial charge >= 0.3 is 0 Å². The molecule has 1 saturated heterocycles. The molecule has 1 aliphatic rings. The van der Waals surface area contributed by atoms with Gasteiger partial charge in [-0.3, -0.25) is 9.69 Å². The number of aliphatic hydroxyl groups is 1. The summed E-state index contributed by atoms with van der Waals surface area (Å²) in [5, 5.41) is 12.8. The Balaban J connectivity index is 1.94. The van der Waals surface area contributed by atoms with Crippen molar-refractivity contribution < 1.29 is 14.6 Å². The molecule has 0 aliphatic carbocycles. The van der Waals surface area contributed by atoms with Gasteiger partial charge in [-0.05, 0) is 43.5 Å². The largest absolute Gasteiger partial charge is 0.495 e. The fraction of sp³-hybridized carbons (Fsp3) is 0.562. The fourth-order valence-corrected chi connectivity index (χ4v) is 2.57. The number of nitrogens with one attached hydrogen (secondary N) is 1. The van der Waals surface area contributed by atoms with Gasteiger partial charge in [0.25, 0.3) is 0 Å². The zero-order chi connectivity index (χ0) is 15.4. The van der Waals surface area contributed by atoms with E-state index in [9.17, 15) is 9.90 Å². The van der Waals surface area contributed by atoms with Crippen LogP contribution < -0.4 is 10.1 Å². The Kier molecular flexibility index (Phi) is 5.20. The minimum Gasteiger partial charge on any atom is -0.495 e. The van der Waals surface area contributed by atoms with Crippen LogP contribution in [0.2, 0.25) is 0 Å². The number of nitrogens with zero attached hydrogens (tertiary/aromatic N) is 1. The molecule has 0 spiro atoms. The number of carbonyl (C=O) groups is 1. The fourth-order valence-electron chi connectivity index (χ4n) is 2.57. The van der Waals surface area contributed by atoms with Gasteiger partial charge in [0.1, 0.15) is 5.75 Å². The number of methoxy groups -OCH3 is 1. The van der Waals surface area contributed by atoms with E-state index >= 15 is 0 Å². The number of carbonyl (C=O) groups excluding carboxylic acids is 1. The Morgan fingerprint density at radius 2 is 2.29 bits per heavy atom. The second-order valence-electron chi connectivity index (χ2n) is 5.82. The SMILES string of the molecule is COc1ccc(C)cc1NC(=O)CN1CCC(C)C(O)C1. The number of aliphatic hydroxyl groups excluding tert-OH is 1. The summed E-state index contributed by atoms with van der Waals surface area (Å²) in [4.78, 5) is 14.1. The first-order valence-electron chi connectivity index (χ1n) is 7.34. The molecule has 1 amide bonds. The van der Waals surface area contributed by atoms with E-state index in [4.69, 9.17) is 4.74 Å². The Labute approximate surface area is 125 Å². The normalized spacial score (nSPS) is 22.9. The van der Waals surface area contributed by atoms with Crippen LogP contribution in [0.3, 0.4) is 0 Å². The number of ether oxygens (including phenoxy) is 1. The average molecular weight is 292 g/mol. The number of anilines is 1. The first-order valence-corrected chi connectivity index (χ1v) is 7.34. The van der Waals surface area contributed by atoms with Crippen molar-refractivity contribution in [1.29, 1.82) is 0 Å². The summed E-state index contributed by atoms with van der Waals surface area (Å²) in [7, 11) is 1.59. The van der Waals surface area contributed by atoms with Gasteiger partial charge in [0.15, 0.2) is 0 Å². The van der Waals surface area contributed by atoms with E-state index in [1.165, 1.54) is 0 Å². The van der Waals surface area contributed by atoms with Crippen LogP contribution in [0, 0.1) is 12.8 Å². The number of hydrogen-bond acceptors (Lipinski definition) is 4. The highest BCUT2D eigenvalue weighted by Gasteiger charge is 2.25. The van der Waals surface area contributed by atoms with E-state index in [0.717, 1.165) is 18.5 Å². The van der Waals surface area contributed by atoms with Gasteiger partial charge in [0.2, 0.25) is 5.91 Å². The molecule has 0 radical (unpaired) electrons. The highest BCUT2D eigenvalue weighted by Crippen LogP contribution is 2.25. The van der Waals surface area contributed by atoms with E-state index in [1.807, 2.05) is 36.9 Å². The second-order valence-corrected chi connectivity index (χ2v) is 5.82. The molecule has 2 atom stereocenters. The van der Waals surface area contributed by atoms with Crippen molar-refractivity contribution in [1.82, 2.24) is 4.90 Å². The van der Waals surface area contributed by atoms with Gasteiger partial charge in [-0.25, -0.2) is 0 Å². The van der Waals surface area contributed by atoms with Gasteiger partial charge in [0, 0.05) is 6.54 Å². The standard InChI is InChI=1S/C16H24N2O3/c1-11-4-5-15(21-3)13(8-11)17-16(20)10-18-7-6-12(2)14(19)9-18/h4-5,8,12,14,19H,6-7,9-10H2,1-3H3,(H,17,20). The molecule has 5 heteroatoms. The Morgan fingerprint density at radius 3 is 2.95 bits per heavy atom. The lowest BCUT2D eigenvalue weighted by Gasteiger charge is -2.33. The third kappa shape index (κ3) is 4.19. The van der Waals surface area contributed by atoms with Crippen LogP contribution in [0.4, 0.5) is 5.69 Å². The van der Waals surface area contributed by atoms with E-state index in [2.05, 4.69) is 5.32 Å². The van der Waals surface area contributed by atoms with Crippen LogP contribution in [-0.2, 0) is 4.79 Å². The maximum atomic E-state index is 12.2. The summed E-state index contributed by atoms with van der Waals surface area (Å²) < 4.78 is 5.25. The monoisotopic (exact) mass is 292 g/mol. The molecular formula is C16H24N2O3. The van der Waals surface area contributed by atoms with Crippen molar-refractivity contribution in [3.05, 3.63) is 23.8 Å². The zero-order valence-electron chi connectivity index (χ0n) is 12.9. The molecule has 1 aliphatic heterocycles. The van der Waals surface area contributed by atoms with Crippen molar-refractivity contribution in [2.24, 2.45) is 5.92 Å². The van der Waals surface area contributed by atoms with Crippen LogP contribution in [0.15, 0.2) is 18.2 Å². The third-order valence-corrected chi connectivity index (χ3v) is 4.00. The first kappa shape index (κ1) is 15.8. The molecule has 0 aromatic heterocycles. The Morgan fingerprint density at radius 1 is 1.52 bits per heavy atom. The van der Waals surface area contributed by atoms with Crippen molar-refractivity contribution >= 4 is 11.6 Å². The lowest BCUT2D eigenvalue weighted by atomic mass is 9.96. The predicted molar refractivity (Wildman–Crippen MR) is 82.6 cm³/mol. The quantitative estimate of drug-likeness (QED) is 0.886. The molecule has 1 fully saturated rings. The molecule has 2 N–H and O–H groups in total. The van der Waals surface area contributed by atoms with E-state index < -0.39 is 0 Å². The van der Waals surface area contributed by atoms with Gasteiger partial charge < -0.3 is 15.2 Å². The number of hydrogen-bond donors (Lipinski definition) is 2. The summed E-state index contributed by atoms with van der Waals surface area (Å²) in [5.41, 5.74) is 1.75. The molecular weight excluding hydrogens is 268 g/mol. The van der Waals surface area contributed by atoms with Gasteiger partial charge in [-0.1, -0.05) is 13.0 Å². The van der Waals surface area contributed by atoms with E-state index in [-0.39, 0.29) is 12.0 Å². The highest BCUT2D eigenvalue weighted by molar-refractivity contribution is 5.93. The van der Waals surface area contributed by atoms with E-state index in [0.29, 0.717) is 30.4 Å². The summed E-state index contributed by atoms with van der Waals surface area (Å²) in [6, 6.07) is 5.68. The molecule has 0 saturated carbocycles. The smallest absolute Gasteiger partial charge is 0.238 e. The molecule has 1 aromatic rings. The summed E-state index contributed by atoms with van der Waals surface area (Å²) in [6.07, 6.45) is 0.572. The number of aryl methyl sites for hydroxylation is 1. The molecule has 2 unspecified atom stereocenters. The van der Waals surface area contributed by atoms with Crippen LogP contribution in [-0.4, -0.2) is 48.8 Å². The summed E-state index contributed by atoms with van der Waals surface area (Å²) in [5.74, 6) is 0.878. The molecule has 1 aromatic carbocycles. The summed E-state index contributed by atoms with van der Waals surface area (Å²) >= 11 is 0. The highest BCUT2D eigenvalue weighted by atomic mass is 16.5. The van der Waals surface area contributed by atoms with Gasteiger partial charge in [0.05, 0.1) is 25.4 Å².